The zero-order chi connectivity index (χ0) is 10.7. The lowest BCUT2D eigenvalue weighted by Gasteiger charge is -2.43. The molecule has 0 N–H and O–H groups in total. The summed E-state index contributed by atoms with van der Waals surface area (Å²) in [5.74, 6) is 1.91. The van der Waals surface area contributed by atoms with Crippen LogP contribution in [0.4, 0.5) is 0 Å². The van der Waals surface area contributed by atoms with Gasteiger partial charge in [0, 0.05) is 26.2 Å². The van der Waals surface area contributed by atoms with E-state index in [-0.39, 0.29) is 0 Å². The van der Waals surface area contributed by atoms with Crippen LogP contribution < -0.4 is 0 Å². The Hall–Kier alpha value is -0.0800. The average molecular weight is 210 g/mol. The lowest BCUT2D eigenvalue weighted by molar-refractivity contribution is -0.0726. The van der Waals surface area contributed by atoms with Crippen LogP contribution in [0.2, 0.25) is 0 Å². The molecule has 2 rings (SSSR count). The lowest BCUT2D eigenvalue weighted by atomic mass is 9.95. The van der Waals surface area contributed by atoms with Crippen molar-refractivity contribution in [1.29, 1.82) is 0 Å². The van der Waals surface area contributed by atoms with E-state index in [9.17, 15) is 0 Å². The molecule has 0 aromatic carbocycles. The van der Waals surface area contributed by atoms with Crippen molar-refractivity contribution in [2.24, 2.45) is 11.8 Å². The van der Waals surface area contributed by atoms with Crippen molar-refractivity contribution in [1.82, 2.24) is 10.0 Å². The van der Waals surface area contributed by atoms with E-state index in [1.807, 2.05) is 0 Å². The van der Waals surface area contributed by atoms with Crippen molar-refractivity contribution >= 4 is 0 Å². The number of hydrogen-bond acceptors (Lipinski definition) is 2. The fraction of sp³-hybridized carbons (Fsp3) is 1.00. The summed E-state index contributed by atoms with van der Waals surface area (Å²) < 4.78 is 0. The second-order valence-corrected chi connectivity index (χ2v) is 5.47. The molecule has 2 saturated heterocycles. The first-order valence-electron chi connectivity index (χ1n) is 6.79. The minimum atomic E-state index is 0.905. The van der Waals surface area contributed by atoms with Gasteiger partial charge in [0.05, 0.1) is 0 Å². The van der Waals surface area contributed by atoms with E-state index in [4.69, 9.17) is 0 Å². The SMILES string of the molecule is CCC1CCN(N2CCCC(C)C2)CC1. The molecule has 2 aliphatic rings. The van der Waals surface area contributed by atoms with E-state index in [1.165, 1.54) is 58.3 Å². The second kappa shape index (κ2) is 5.31. The molecule has 2 aliphatic heterocycles. The highest BCUT2D eigenvalue weighted by atomic mass is 15.6. The molecule has 2 nitrogen and oxygen atoms in total. The molecular weight excluding hydrogens is 184 g/mol. The van der Waals surface area contributed by atoms with Crippen LogP contribution >= 0.6 is 0 Å². The van der Waals surface area contributed by atoms with Gasteiger partial charge in [-0.1, -0.05) is 20.3 Å². The van der Waals surface area contributed by atoms with E-state index in [0.29, 0.717) is 0 Å². The third kappa shape index (κ3) is 2.94. The molecule has 88 valence electrons. The summed E-state index contributed by atoms with van der Waals surface area (Å²) in [5, 5.41) is 5.25. The molecule has 0 bridgehead atoms. The molecule has 15 heavy (non-hydrogen) atoms. The summed E-state index contributed by atoms with van der Waals surface area (Å²) in [5.41, 5.74) is 0. The van der Waals surface area contributed by atoms with Gasteiger partial charge in [-0.25, -0.2) is 10.0 Å². The van der Waals surface area contributed by atoms with Gasteiger partial charge in [0.2, 0.25) is 0 Å². The van der Waals surface area contributed by atoms with Crippen LogP contribution in [-0.4, -0.2) is 36.2 Å². The maximum atomic E-state index is 2.63. The smallest absolute Gasteiger partial charge is 0.0159 e. The monoisotopic (exact) mass is 210 g/mol. The summed E-state index contributed by atoms with van der Waals surface area (Å²) in [6.45, 7) is 9.96. The van der Waals surface area contributed by atoms with E-state index in [2.05, 4.69) is 23.9 Å². The van der Waals surface area contributed by atoms with Crippen LogP contribution in [0.25, 0.3) is 0 Å². The minimum absolute atomic E-state index is 0.905. The quantitative estimate of drug-likeness (QED) is 0.691. The molecule has 2 fully saturated rings. The summed E-state index contributed by atoms with van der Waals surface area (Å²) in [4.78, 5) is 0. The van der Waals surface area contributed by atoms with Crippen LogP contribution in [-0.2, 0) is 0 Å². The molecule has 0 aromatic rings. The van der Waals surface area contributed by atoms with Gasteiger partial charge < -0.3 is 0 Å². The molecule has 0 saturated carbocycles. The molecule has 0 radical (unpaired) electrons. The third-order valence-electron chi connectivity index (χ3n) is 4.20. The van der Waals surface area contributed by atoms with E-state index in [1.54, 1.807) is 0 Å². The Morgan fingerprint density at radius 3 is 2.33 bits per heavy atom. The third-order valence-corrected chi connectivity index (χ3v) is 4.20. The zero-order valence-corrected chi connectivity index (χ0v) is 10.4. The lowest BCUT2D eigenvalue weighted by Crippen LogP contribution is -2.50. The summed E-state index contributed by atoms with van der Waals surface area (Å²) in [7, 11) is 0. The van der Waals surface area contributed by atoms with Gasteiger partial charge >= 0.3 is 0 Å². The maximum absolute atomic E-state index is 2.63. The fourth-order valence-corrected chi connectivity index (χ4v) is 3.03. The highest BCUT2D eigenvalue weighted by Crippen LogP contribution is 2.24. The highest BCUT2D eigenvalue weighted by molar-refractivity contribution is 4.74. The van der Waals surface area contributed by atoms with Crippen molar-refractivity contribution in [3.63, 3.8) is 0 Å². The number of rotatable bonds is 2. The molecular formula is C13H26N2. The van der Waals surface area contributed by atoms with Crippen LogP contribution in [0.1, 0.15) is 46.0 Å². The van der Waals surface area contributed by atoms with Crippen molar-refractivity contribution in [3.8, 4) is 0 Å². The van der Waals surface area contributed by atoms with Crippen molar-refractivity contribution in [2.75, 3.05) is 26.2 Å². The second-order valence-electron chi connectivity index (χ2n) is 5.47. The Bertz CT molecular complexity index is 185. The largest absolute Gasteiger partial charge is 0.242 e. The van der Waals surface area contributed by atoms with Gasteiger partial charge in [-0.2, -0.15) is 0 Å². The fourth-order valence-electron chi connectivity index (χ4n) is 3.03. The predicted octanol–water partition coefficient (Wildman–Crippen LogP) is 2.76. The zero-order valence-electron chi connectivity index (χ0n) is 10.4. The summed E-state index contributed by atoms with van der Waals surface area (Å²) in [6, 6.07) is 0. The standard InChI is InChI=1S/C13H26N2/c1-3-13-6-9-14(10-7-13)15-8-4-5-12(2)11-15/h12-13H,3-11H2,1-2H3. The van der Waals surface area contributed by atoms with Crippen molar-refractivity contribution in [2.45, 2.75) is 46.0 Å². The Labute approximate surface area is 94.6 Å². The molecule has 1 atom stereocenters. The number of hydrazine groups is 1. The maximum Gasteiger partial charge on any atom is 0.0159 e. The molecule has 0 aliphatic carbocycles. The molecule has 0 amide bonds. The van der Waals surface area contributed by atoms with Crippen molar-refractivity contribution in [3.05, 3.63) is 0 Å². The van der Waals surface area contributed by atoms with Gasteiger partial charge in [-0.05, 0) is 37.5 Å². The molecule has 2 heteroatoms. The Balaban J connectivity index is 1.79. The molecule has 0 spiro atoms. The van der Waals surface area contributed by atoms with Crippen molar-refractivity contribution < 1.29 is 0 Å². The van der Waals surface area contributed by atoms with Crippen LogP contribution in [0.15, 0.2) is 0 Å². The topological polar surface area (TPSA) is 6.48 Å². The first kappa shape index (κ1) is 11.4. The predicted molar refractivity (Wildman–Crippen MR) is 64.6 cm³/mol. The van der Waals surface area contributed by atoms with Crippen LogP contribution in [0.5, 0.6) is 0 Å². The molecule has 1 unspecified atom stereocenters. The first-order chi connectivity index (χ1) is 7.29. The van der Waals surface area contributed by atoms with E-state index < -0.39 is 0 Å². The Morgan fingerprint density at radius 1 is 1.00 bits per heavy atom. The number of hydrogen-bond donors (Lipinski definition) is 0. The Kier molecular flexibility index (Phi) is 4.04. The van der Waals surface area contributed by atoms with E-state index >= 15 is 0 Å². The molecule has 0 aromatic heterocycles. The molecule has 2 heterocycles. The highest BCUT2D eigenvalue weighted by Gasteiger charge is 2.25. The van der Waals surface area contributed by atoms with Crippen LogP contribution in [0, 0.1) is 11.8 Å². The number of piperidine rings is 2. The van der Waals surface area contributed by atoms with Gasteiger partial charge in [0.1, 0.15) is 0 Å². The average Bonchev–Trinajstić information content (AvgIpc) is 2.29. The number of nitrogens with zero attached hydrogens (tertiary/aromatic N) is 2. The van der Waals surface area contributed by atoms with Gasteiger partial charge in [-0.3, -0.25) is 0 Å². The summed E-state index contributed by atoms with van der Waals surface area (Å²) in [6.07, 6.45) is 7.05. The van der Waals surface area contributed by atoms with Crippen LogP contribution in [0.3, 0.4) is 0 Å². The Morgan fingerprint density at radius 2 is 1.73 bits per heavy atom. The summed E-state index contributed by atoms with van der Waals surface area (Å²) >= 11 is 0. The van der Waals surface area contributed by atoms with Gasteiger partial charge in [-0.15, -0.1) is 0 Å². The normalized spacial score (nSPS) is 32.0. The first-order valence-corrected chi connectivity index (χ1v) is 6.79. The van der Waals surface area contributed by atoms with Gasteiger partial charge in [0.15, 0.2) is 0 Å². The van der Waals surface area contributed by atoms with Gasteiger partial charge in [0.25, 0.3) is 0 Å². The minimum Gasteiger partial charge on any atom is -0.242 e. The van der Waals surface area contributed by atoms with E-state index in [0.717, 1.165) is 11.8 Å².